The Hall–Kier alpha value is 0.1000. The highest BCUT2D eigenvalue weighted by molar-refractivity contribution is 8.57. The first-order valence-corrected chi connectivity index (χ1v) is 7.66. The van der Waals surface area contributed by atoms with Crippen molar-refractivity contribution in [1.82, 2.24) is 4.67 Å². The zero-order valence-corrected chi connectivity index (χ0v) is 9.20. The molecule has 2 nitrogen and oxygen atoms in total. The Kier molecular flexibility index (Phi) is 3.29. The van der Waals surface area contributed by atoms with Crippen molar-refractivity contribution in [2.45, 2.75) is 18.9 Å². The van der Waals surface area contributed by atoms with Gasteiger partial charge in [0.25, 0.3) is 0 Å². The Balaban J connectivity index is 2.80. The van der Waals surface area contributed by atoms with Crippen molar-refractivity contribution in [2.24, 2.45) is 0 Å². The summed E-state index contributed by atoms with van der Waals surface area (Å²) in [5.74, 6) is 2.68. The van der Waals surface area contributed by atoms with Crippen LogP contribution in [0, 0.1) is 12.3 Å². The van der Waals surface area contributed by atoms with Crippen LogP contribution in [-0.4, -0.2) is 30.2 Å². The smallest absolute Gasteiger partial charge is 0.203 e. The van der Waals surface area contributed by atoms with Crippen LogP contribution in [0.4, 0.5) is 0 Å². The van der Waals surface area contributed by atoms with E-state index in [-0.39, 0.29) is 6.04 Å². The van der Waals surface area contributed by atoms with Gasteiger partial charge in [0.1, 0.15) is 0 Å². The van der Waals surface area contributed by atoms with E-state index in [4.69, 9.17) is 6.42 Å². The minimum Gasteiger partial charge on any atom is -0.295 e. The van der Waals surface area contributed by atoms with Gasteiger partial charge in [-0.3, -0.25) is 4.57 Å². The number of hydrogen-bond acceptors (Lipinski definition) is 2. The number of terminal acetylenes is 1. The Bertz CT molecular complexity index is 248. The summed E-state index contributed by atoms with van der Waals surface area (Å²) in [6, 6.07) is 0.0806. The lowest BCUT2D eigenvalue weighted by atomic mass is 10.2. The summed E-state index contributed by atoms with van der Waals surface area (Å²) < 4.78 is 14.0. The highest BCUT2D eigenvalue weighted by Gasteiger charge is 2.34. The molecule has 2 atom stereocenters. The molecule has 0 aromatic heterocycles. The van der Waals surface area contributed by atoms with Crippen LogP contribution < -0.4 is 0 Å². The third-order valence-electron chi connectivity index (χ3n) is 2.33. The van der Waals surface area contributed by atoms with Crippen LogP contribution >= 0.6 is 17.9 Å². The molecule has 0 aromatic carbocycles. The Morgan fingerprint density at radius 3 is 2.92 bits per heavy atom. The quantitative estimate of drug-likeness (QED) is 0.481. The molecule has 1 fully saturated rings. The van der Waals surface area contributed by atoms with E-state index < -0.39 is 6.49 Å². The molecule has 0 aromatic rings. The molecule has 0 amide bonds. The van der Waals surface area contributed by atoms with Gasteiger partial charge in [0.2, 0.25) is 6.49 Å². The van der Waals surface area contributed by atoms with Crippen molar-refractivity contribution >= 4 is 17.9 Å². The van der Waals surface area contributed by atoms with Gasteiger partial charge in [-0.1, -0.05) is 17.3 Å². The van der Waals surface area contributed by atoms with Gasteiger partial charge in [-0.15, -0.1) is 6.42 Å². The molecule has 0 N–H and O–H groups in total. The monoisotopic (exact) mass is 203 g/mol. The summed E-state index contributed by atoms with van der Waals surface area (Å²) in [6.07, 6.45) is 10.0. The van der Waals surface area contributed by atoms with E-state index in [0.717, 1.165) is 19.0 Å². The lowest BCUT2D eigenvalue weighted by Gasteiger charge is -2.35. The van der Waals surface area contributed by atoms with Gasteiger partial charge >= 0.3 is 0 Å². The van der Waals surface area contributed by atoms with Gasteiger partial charge in [0.15, 0.2) is 0 Å². The van der Waals surface area contributed by atoms with Crippen LogP contribution in [0.2, 0.25) is 0 Å². The van der Waals surface area contributed by atoms with Gasteiger partial charge in [0, 0.05) is 6.16 Å². The molecule has 1 rings (SSSR count). The van der Waals surface area contributed by atoms with E-state index in [1.807, 2.05) is 18.0 Å². The average Bonchev–Trinajstić information content (AvgIpc) is 2.10. The zero-order chi connectivity index (χ0) is 9.19. The predicted molar refractivity (Wildman–Crippen MR) is 55.6 cm³/mol. The van der Waals surface area contributed by atoms with Crippen LogP contribution in [0.1, 0.15) is 12.8 Å². The second-order valence-corrected chi connectivity index (χ2v) is 8.47. The number of rotatable bonds is 1. The van der Waals surface area contributed by atoms with E-state index in [1.54, 1.807) is 0 Å². The van der Waals surface area contributed by atoms with E-state index in [0.29, 0.717) is 0 Å². The first-order valence-electron chi connectivity index (χ1n) is 3.98. The summed E-state index contributed by atoms with van der Waals surface area (Å²) in [5, 5.41) is 0. The zero-order valence-electron chi connectivity index (χ0n) is 7.49. The summed E-state index contributed by atoms with van der Waals surface area (Å²) >= 11 is 1.46. The minimum atomic E-state index is -2.15. The van der Waals surface area contributed by atoms with Crippen molar-refractivity contribution < 1.29 is 4.57 Å². The molecular formula is C8H14NOPS. The third kappa shape index (κ3) is 1.71. The van der Waals surface area contributed by atoms with Crippen LogP contribution in [0.5, 0.6) is 0 Å². The number of nitrogens with zero attached hydrogens (tertiary/aromatic N) is 1. The second-order valence-electron chi connectivity index (χ2n) is 2.94. The van der Waals surface area contributed by atoms with Crippen LogP contribution in [0.3, 0.4) is 0 Å². The van der Waals surface area contributed by atoms with Crippen molar-refractivity contribution in [3.8, 4) is 12.3 Å². The lowest BCUT2D eigenvalue weighted by molar-refractivity contribution is 0.392. The maximum atomic E-state index is 12.1. The molecule has 0 saturated carbocycles. The lowest BCUT2D eigenvalue weighted by Crippen LogP contribution is -2.31. The Morgan fingerprint density at radius 1 is 1.75 bits per heavy atom. The van der Waals surface area contributed by atoms with Crippen LogP contribution in [0.15, 0.2) is 0 Å². The summed E-state index contributed by atoms with van der Waals surface area (Å²) in [5.41, 5.74) is 0. The molecule has 2 unspecified atom stereocenters. The SMILES string of the molecule is C#CC1CCCP(=O)(SC)N1C. The fourth-order valence-electron chi connectivity index (χ4n) is 1.45. The van der Waals surface area contributed by atoms with Gasteiger partial charge in [-0.2, -0.15) is 0 Å². The summed E-state index contributed by atoms with van der Waals surface area (Å²) in [7, 11) is 1.88. The van der Waals surface area contributed by atoms with E-state index in [2.05, 4.69) is 5.92 Å². The molecule has 1 aliphatic rings. The van der Waals surface area contributed by atoms with Crippen LogP contribution in [0.25, 0.3) is 0 Å². The molecule has 0 radical (unpaired) electrons. The standard InChI is InChI=1S/C8H14NOPS/c1-4-8-6-5-7-11(10,12-3)9(8)2/h1,8H,5-7H2,2-3H3. The molecule has 4 heteroatoms. The molecular weight excluding hydrogens is 189 g/mol. The highest BCUT2D eigenvalue weighted by atomic mass is 32.7. The minimum absolute atomic E-state index is 0.0806. The third-order valence-corrected chi connectivity index (χ3v) is 8.05. The molecule has 1 aliphatic heterocycles. The average molecular weight is 203 g/mol. The maximum absolute atomic E-state index is 12.1. The van der Waals surface area contributed by atoms with E-state index in [9.17, 15) is 4.57 Å². The molecule has 1 heterocycles. The predicted octanol–water partition coefficient (Wildman–Crippen LogP) is 2.27. The fourth-order valence-corrected chi connectivity index (χ4v) is 5.45. The molecule has 68 valence electrons. The Labute approximate surface area is 78.3 Å². The van der Waals surface area contributed by atoms with Gasteiger partial charge < -0.3 is 0 Å². The Morgan fingerprint density at radius 2 is 2.42 bits per heavy atom. The van der Waals surface area contributed by atoms with Gasteiger partial charge in [-0.05, 0) is 26.1 Å². The van der Waals surface area contributed by atoms with Crippen molar-refractivity contribution in [2.75, 3.05) is 19.5 Å². The largest absolute Gasteiger partial charge is 0.295 e. The molecule has 12 heavy (non-hydrogen) atoms. The normalized spacial score (nSPS) is 37.6. The van der Waals surface area contributed by atoms with E-state index in [1.165, 1.54) is 11.4 Å². The first-order chi connectivity index (χ1) is 5.64. The van der Waals surface area contributed by atoms with Crippen LogP contribution in [-0.2, 0) is 4.57 Å². The molecule has 0 spiro atoms. The van der Waals surface area contributed by atoms with Crippen molar-refractivity contribution in [3.05, 3.63) is 0 Å². The van der Waals surface area contributed by atoms with Gasteiger partial charge in [-0.25, -0.2) is 4.67 Å². The molecule has 1 saturated heterocycles. The second kappa shape index (κ2) is 3.87. The first kappa shape index (κ1) is 10.2. The van der Waals surface area contributed by atoms with E-state index >= 15 is 0 Å². The summed E-state index contributed by atoms with van der Waals surface area (Å²) in [6.45, 7) is -2.15. The molecule has 0 bridgehead atoms. The number of hydrogen-bond donors (Lipinski definition) is 0. The van der Waals surface area contributed by atoms with Crippen molar-refractivity contribution in [3.63, 3.8) is 0 Å². The van der Waals surface area contributed by atoms with Gasteiger partial charge in [0.05, 0.1) is 6.04 Å². The topological polar surface area (TPSA) is 20.3 Å². The maximum Gasteiger partial charge on any atom is 0.203 e. The summed E-state index contributed by atoms with van der Waals surface area (Å²) in [4.78, 5) is 0. The fraction of sp³-hybridized carbons (Fsp3) is 0.750. The molecule has 0 aliphatic carbocycles. The highest BCUT2D eigenvalue weighted by Crippen LogP contribution is 2.62. The van der Waals surface area contributed by atoms with Crippen molar-refractivity contribution in [1.29, 1.82) is 0 Å².